The number of nitrogens with zero attached hydrogens (tertiary/aromatic N) is 1. The van der Waals surface area contributed by atoms with Crippen molar-refractivity contribution in [2.75, 3.05) is 17.2 Å². The lowest BCUT2D eigenvalue weighted by molar-refractivity contribution is -0.114. The molecule has 0 saturated carbocycles. The average Bonchev–Trinajstić information content (AvgIpc) is 2.55. The Morgan fingerprint density at radius 3 is 2.68 bits per heavy atom. The Hall–Kier alpha value is -2.80. The number of carbonyl (C=O) groups is 1. The van der Waals surface area contributed by atoms with Crippen LogP contribution in [0.25, 0.3) is 0 Å². The second-order valence-corrected chi connectivity index (χ2v) is 5.02. The Kier molecular flexibility index (Phi) is 5.16. The Morgan fingerprint density at radius 1 is 1.18 bits per heavy atom. The number of benzene rings is 2. The van der Waals surface area contributed by atoms with Crippen LogP contribution >= 0.6 is 0 Å². The van der Waals surface area contributed by atoms with Crippen molar-refractivity contribution >= 4 is 17.3 Å². The molecule has 0 fully saturated rings. The minimum Gasteiger partial charge on any atom is -0.375 e. The third-order valence-corrected chi connectivity index (χ3v) is 3.49. The molecule has 0 aromatic heterocycles. The summed E-state index contributed by atoms with van der Waals surface area (Å²) in [6.07, 6.45) is 0.863. The van der Waals surface area contributed by atoms with Crippen molar-refractivity contribution in [3.63, 3.8) is 0 Å². The first-order valence-corrected chi connectivity index (χ1v) is 7.27. The standard InChI is InChI=1S/C18H19N3O/c1-3-14-9-6-7-13(2)18(14)21-17(22)12-20-16-10-5-4-8-15(16)11-19/h4-10,20H,3,12H2,1-2H3,(H,21,22). The van der Waals surface area contributed by atoms with Crippen LogP contribution in [0.1, 0.15) is 23.6 Å². The summed E-state index contributed by atoms with van der Waals surface area (Å²) in [4.78, 5) is 12.1. The lowest BCUT2D eigenvalue weighted by atomic mass is 10.1. The van der Waals surface area contributed by atoms with Crippen molar-refractivity contribution in [3.05, 3.63) is 59.2 Å². The lowest BCUT2D eigenvalue weighted by Crippen LogP contribution is -2.23. The first kappa shape index (κ1) is 15.6. The highest BCUT2D eigenvalue weighted by Crippen LogP contribution is 2.21. The molecule has 0 unspecified atom stereocenters. The molecule has 0 radical (unpaired) electrons. The van der Waals surface area contributed by atoms with Gasteiger partial charge < -0.3 is 10.6 Å². The predicted octanol–water partition coefficient (Wildman–Crippen LogP) is 3.48. The normalized spacial score (nSPS) is 9.86. The van der Waals surface area contributed by atoms with Gasteiger partial charge in [0.25, 0.3) is 0 Å². The van der Waals surface area contributed by atoms with Gasteiger partial charge in [-0.1, -0.05) is 37.3 Å². The summed E-state index contributed by atoms with van der Waals surface area (Å²) in [5, 5.41) is 15.0. The molecule has 0 atom stereocenters. The molecule has 22 heavy (non-hydrogen) atoms. The van der Waals surface area contributed by atoms with Gasteiger partial charge in [-0.2, -0.15) is 5.26 Å². The maximum Gasteiger partial charge on any atom is 0.243 e. The summed E-state index contributed by atoms with van der Waals surface area (Å²) < 4.78 is 0. The second-order valence-electron chi connectivity index (χ2n) is 5.02. The third kappa shape index (κ3) is 3.64. The van der Waals surface area contributed by atoms with Gasteiger partial charge in [-0.15, -0.1) is 0 Å². The zero-order chi connectivity index (χ0) is 15.9. The summed E-state index contributed by atoms with van der Waals surface area (Å²) >= 11 is 0. The van der Waals surface area contributed by atoms with Crippen LogP contribution in [-0.4, -0.2) is 12.5 Å². The van der Waals surface area contributed by atoms with Crippen LogP contribution in [0.4, 0.5) is 11.4 Å². The molecule has 4 nitrogen and oxygen atoms in total. The van der Waals surface area contributed by atoms with Crippen LogP contribution in [0.15, 0.2) is 42.5 Å². The lowest BCUT2D eigenvalue weighted by Gasteiger charge is -2.14. The van der Waals surface area contributed by atoms with E-state index in [2.05, 4.69) is 23.6 Å². The molecule has 0 aliphatic carbocycles. The van der Waals surface area contributed by atoms with E-state index in [0.717, 1.165) is 23.2 Å². The number of carbonyl (C=O) groups excluding carboxylic acids is 1. The predicted molar refractivity (Wildman–Crippen MR) is 88.8 cm³/mol. The van der Waals surface area contributed by atoms with Crippen molar-refractivity contribution in [1.29, 1.82) is 5.26 Å². The molecule has 2 aromatic carbocycles. The quantitative estimate of drug-likeness (QED) is 0.887. The molecule has 1 amide bonds. The van der Waals surface area contributed by atoms with Crippen LogP contribution in [0, 0.1) is 18.3 Å². The molecular formula is C18H19N3O. The van der Waals surface area contributed by atoms with Gasteiger partial charge in [0.1, 0.15) is 6.07 Å². The number of amides is 1. The van der Waals surface area contributed by atoms with E-state index in [0.29, 0.717) is 11.3 Å². The van der Waals surface area contributed by atoms with Gasteiger partial charge in [-0.05, 0) is 36.6 Å². The number of hydrogen-bond acceptors (Lipinski definition) is 3. The molecule has 0 spiro atoms. The molecule has 0 aliphatic heterocycles. The Labute approximate surface area is 130 Å². The van der Waals surface area contributed by atoms with Gasteiger partial charge in [0, 0.05) is 5.69 Å². The van der Waals surface area contributed by atoms with Gasteiger partial charge in [-0.25, -0.2) is 0 Å². The van der Waals surface area contributed by atoms with Gasteiger partial charge >= 0.3 is 0 Å². The van der Waals surface area contributed by atoms with Crippen LogP contribution < -0.4 is 10.6 Å². The fourth-order valence-electron chi connectivity index (χ4n) is 2.30. The molecular weight excluding hydrogens is 274 g/mol. The monoisotopic (exact) mass is 293 g/mol. The van der Waals surface area contributed by atoms with Gasteiger partial charge in [-0.3, -0.25) is 4.79 Å². The number of nitriles is 1. The Balaban J connectivity index is 2.04. The Bertz CT molecular complexity index is 717. The van der Waals surface area contributed by atoms with Crippen molar-refractivity contribution < 1.29 is 4.79 Å². The van der Waals surface area contributed by atoms with E-state index < -0.39 is 0 Å². The van der Waals surface area contributed by atoms with Gasteiger partial charge in [0.05, 0.1) is 17.8 Å². The van der Waals surface area contributed by atoms with E-state index in [1.54, 1.807) is 18.2 Å². The zero-order valence-electron chi connectivity index (χ0n) is 12.8. The molecule has 0 aliphatic rings. The molecule has 0 bridgehead atoms. The van der Waals surface area contributed by atoms with Crippen LogP contribution in [0.3, 0.4) is 0 Å². The molecule has 0 saturated heterocycles. The van der Waals surface area contributed by atoms with Crippen molar-refractivity contribution in [2.45, 2.75) is 20.3 Å². The van der Waals surface area contributed by atoms with Crippen LogP contribution in [0.5, 0.6) is 0 Å². The van der Waals surface area contributed by atoms with Crippen molar-refractivity contribution in [1.82, 2.24) is 0 Å². The van der Waals surface area contributed by atoms with Crippen LogP contribution in [-0.2, 0) is 11.2 Å². The topological polar surface area (TPSA) is 64.9 Å². The zero-order valence-corrected chi connectivity index (χ0v) is 12.8. The first-order valence-electron chi connectivity index (χ1n) is 7.27. The molecule has 2 N–H and O–H groups in total. The highest BCUT2D eigenvalue weighted by Gasteiger charge is 2.09. The molecule has 2 aromatic rings. The largest absolute Gasteiger partial charge is 0.375 e. The maximum absolute atomic E-state index is 12.1. The minimum absolute atomic E-state index is 0.121. The SMILES string of the molecule is CCc1cccc(C)c1NC(=O)CNc1ccccc1C#N. The van der Waals surface area contributed by atoms with Crippen molar-refractivity contribution in [3.8, 4) is 6.07 Å². The Morgan fingerprint density at radius 2 is 1.95 bits per heavy atom. The summed E-state index contributed by atoms with van der Waals surface area (Å²) in [7, 11) is 0. The smallest absolute Gasteiger partial charge is 0.243 e. The van der Waals surface area contributed by atoms with E-state index in [-0.39, 0.29) is 12.5 Å². The van der Waals surface area contributed by atoms with Gasteiger partial charge in [0.15, 0.2) is 0 Å². The number of hydrogen-bond donors (Lipinski definition) is 2. The summed E-state index contributed by atoms with van der Waals surface area (Å²) in [5.41, 5.74) is 4.24. The third-order valence-electron chi connectivity index (χ3n) is 3.49. The molecule has 112 valence electrons. The summed E-state index contributed by atoms with van der Waals surface area (Å²) in [6.45, 7) is 4.16. The number of aryl methyl sites for hydroxylation is 2. The molecule has 4 heteroatoms. The number of anilines is 2. The van der Waals surface area contributed by atoms with Crippen LogP contribution in [0.2, 0.25) is 0 Å². The highest BCUT2D eigenvalue weighted by molar-refractivity contribution is 5.95. The van der Waals surface area contributed by atoms with Crippen molar-refractivity contribution in [2.24, 2.45) is 0 Å². The van der Waals surface area contributed by atoms with E-state index in [4.69, 9.17) is 5.26 Å². The maximum atomic E-state index is 12.1. The summed E-state index contributed by atoms with van der Waals surface area (Å²) in [5.74, 6) is -0.128. The van der Waals surface area contributed by atoms with Gasteiger partial charge in [0.2, 0.25) is 5.91 Å². The average molecular weight is 293 g/mol. The van der Waals surface area contributed by atoms with E-state index in [1.807, 2.05) is 31.2 Å². The first-order chi connectivity index (χ1) is 10.7. The molecule has 2 rings (SSSR count). The summed E-state index contributed by atoms with van der Waals surface area (Å²) in [6, 6.07) is 15.2. The van der Waals surface area contributed by atoms with E-state index in [9.17, 15) is 4.79 Å². The van der Waals surface area contributed by atoms with E-state index >= 15 is 0 Å². The number of nitrogens with one attached hydrogen (secondary N) is 2. The van der Waals surface area contributed by atoms with E-state index in [1.165, 1.54) is 0 Å². The highest BCUT2D eigenvalue weighted by atomic mass is 16.1. The fraction of sp³-hybridized carbons (Fsp3) is 0.222. The number of para-hydroxylation sites is 2. The minimum atomic E-state index is -0.128. The molecule has 0 heterocycles. The number of rotatable bonds is 5. The second kappa shape index (κ2) is 7.28. The fourth-order valence-corrected chi connectivity index (χ4v) is 2.30.